The quantitative estimate of drug-likeness (QED) is 0.776. The number of anilines is 1. The van der Waals surface area contributed by atoms with Crippen LogP contribution < -0.4 is 4.90 Å². The van der Waals surface area contributed by atoms with Crippen molar-refractivity contribution in [1.82, 2.24) is 0 Å². The van der Waals surface area contributed by atoms with Crippen molar-refractivity contribution in [2.24, 2.45) is 0 Å². The highest BCUT2D eigenvalue weighted by atomic mass is 32.2. The lowest BCUT2D eigenvalue weighted by atomic mass is 10.2. The molecule has 20 heavy (non-hydrogen) atoms. The van der Waals surface area contributed by atoms with Crippen LogP contribution in [0, 0.1) is 0 Å². The predicted molar refractivity (Wildman–Crippen MR) is 79.7 cm³/mol. The Morgan fingerprint density at radius 3 is 1.65 bits per heavy atom. The first-order valence-electron chi connectivity index (χ1n) is 5.96. The van der Waals surface area contributed by atoms with Crippen LogP contribution in [0.3, 0.4) is 0 Å². The van der Waals surface area contributed by atoms with Crippen molar-refractivity contribution in [3.05, 3.63) is 24.3 Å². The molecule has 0 radical (unpaired) electrons. The number of phenolic OH excluding ortho intramolecular Hbond substituents is 1. The minimum absolute atomic E-state index is 0.0579. The van der Waals surface area contributed by atoms with Gasteiger partial charge in [-0.3, -0.25) is 0 Å². The van der Waals surface area contributed by atoms with Gasteiger partial charge in [0.05, 0.1) is 11.5 Å². The zero-order chi connectivity index (χ0) is 15.4. The van der Waals surface area contributed by atoms with Crippen LogP contribution in [0.25, 0.3) is 0 Å². The molecule has 0 saturated carbocycles. The molecule has 0 aromatic heterocycles. The Bertz CT molecular complexity index is 599. The summed E-state index contributed by atoms with van der Waals surface area (Å²) in [4.78, 5) is 1.68. The summed E-state index contributed by atoms with van der Waals surface area (Å²) in [5, 5.41) is 9.25. The summed E-state index contributed by atoms with van der Waals surface area (Å²) >= 11 is 0. The third kappa shape index (κ3) is 6.76. The second-order valence-corrected chi connectivity index (χ2v) is 9.28. The van der Waals surface area contributed by atoms with E-state index in [1.54, 1.807) is 17.0 Å². The molecule has 0 spiro atoms. The topological polar surface area (TPSA) is 91.8 Å². The zero-order valence-corrected chi connectivity index (χ0v) is 13.1. The van der Waals surface area contributed by atoms with Gasteiger partial charge in [0, 0.05) is 31.3 Å². The Hall–Kier alpha value is -1.28. The molecule has 0 fully saturated rings. The van der Waals surface area contributed by atoms with E-state index in [4.69, 9.17) is 0 Å². The van der Waals surface area contributed by atoms with Gasteiger partial charge in [-0.05, 0) is 24.3 Å². The fraction of sp³-hybridized carbons (Fsp3) is 0.500. The lowest BCUT2D eigenvalue weighted by Gasteiger charge is -2.24. The first kappa shape index (κ1) is 16.8. The van der Waals surface area contributed by atoms with Crippen molar-refractivity contribution in [3.8, 4) is 5.75 Å². The fourth-order valence-electron chi connectivity index (χ4n) is 1.59. The van der Waals surface area contributed by atoms with E-state index in [1.807, 2.05) is 0 Å². The minimum Gasteiger partial charge on any atom is -0.508 e. The minimum atomic E-state index is -3.13. The van der Waals surface area contributed by atoms with Gasteiger partial charge in [0.25, 0.3) is 0 Å². The molecule has 0 amide bonds. The molecule has 0 bridgehead atoms. The predicted octanol–water partition coefficient (Wildman–Crippen LogP) is 0.288. The monoisotopic (exact) mass is 321 g/mol. The normalized spacial score (nSPS) is 12.3. The molecule has 8 heteroatoms. The number of nitrogens with zero attached hydrogens (tertiary/aromatic N) is 1. The van der Waals surface area contributed by atoms with Crippen LogP contribution in [0.1, 0.15) is 0 Å². The maximum absolute atomic E-state index is 11.2. The molecule has 0 aliphatic heterocycles. The smallest absolute Gasteiger partial charge is 0.149 e. The van der Waals surface area contributed by atoms with Gasteiger partial charge < -0.3 is 10.0 Å². The van der Waals surface area contributed by atoms with Crippen LogP contribution in [0.5, 0.6) is 5.75 Å². The molecule has 1 rings (SSSR count). The van der Waals surface area contributed by atoms with Crippen molar-refractivity contribution in [3.63, 3.8) is 0 Å². The molecule has 0 atom stereocenters. The van der Waals surface area contributed by atoms with E-state index < -0.39 is 19.7 Å². The van der Waals surface area contributed by atoms with Gasteiger partial charge in [-0.1, -0.05) is 0 Å². The molecular weight excluding hydrogens is 302 g/mol. The van der Waals surface area contributed by atoms with Gasteiger partial charge in [0.2, 0.25) is 0 Å². The third-order valence-corrected chi connectivity index (χ3v) is 4.53. The average molecular weight is 321 g/mol. The Labute approximate surface area is 119 Å². The van der Waals surface area contributed by atoms with E-state index in [-0.39, 0.29) is 30.3 Å². The summed E-state index contributed by atoms with van der Waals surface area (Å²) < 4.78 is 44.9. The molecule has 6 nitrogen and oxygen atoms in total. The molecule has 1 aromatic carbocycles. The van der Waals surface area contributed by atoms with Crippen LogP contribution in [0.4, 0.5) is 5.69 Å². The second-order valence-electron chi connectivity index (χ2n) is 4.76. The number of sulfone groups is 2. The Morgan fingerprint density at radius 1 is 0.900 bits per heavy atom. The summed E-state index contributed by atoms with van der Waals surface area (Å²) in [6, 6.07) is 6.20. The number of hydrogen-bond donors (Lipinski definition) is 1. The summed E-state index contributed by atoms with van der Waals surface area (Å²) in [7, 11) is -6.26. The van der Waals surface area contributed by atoms with Gasteiger partial charge in [-0.15, -0.1) is 0 Å². The summed E-state index contributed by atoms with van der Waals surface area (Å²) in [5.41, 5.74) is 0.676. The van der Waals surface area contributed by atoms with E-state index in [0.29, 0.717) is 5.69 Å². The maximum Gasteiger partial charge on any atom is 0.149 e. The molecular formula is C12H19NO5S2. The molecule has 0 unspecified atom stereocenters. The molecule has 0 aliphatic rings. The maximum atomic E-state index is 11.2. The largest absolute Gasteiger partial charge is 0.508 e. The number of rotatable bonds is 7. The third-order valence-electron chi connectivity index (χ3n) is 2.68. The van der Waals surface area contributed by atoms with E-state index in [2.05, 4.69) is 0 Å². The molecule has 114 valence electrons. The highest BCUT2D eigenvalue weighted by Gasteiger charge is 2.13. The second kappa shape index (κ2) is 6.45. The van der Waals surface area contributed by atoms with E-state index >= 15 is 0 Å². The van der Waals surface area contributed by atoms with Crippen molar-refractivity contribution < 1.29 is 21.9 Å². The number of hydrogen-bond acceptors (Lipinski definition) is 6. The van der Waals surface area contributed by atoms with Crippen molar-refractivity contribution >= 4 is 25.4 Å². The lowest BCUT2D eigenvalue weighted by Crippen LogP contribution is -2.33. The van der Waals surface area contributed by atoms with Gasteiger partial charge in [-0.2, -0.15) is 0 Å². The van der Waals surface area contributed by atoms with Crippen molar-refractivity contribution in [1.29, 1.82) is 0 Å². The molecule has 0 aliphatic carbocycles. The van der Waals surface area contributed by atoms with Crippen molar-refractivity contribution in [2.75, 3.05) is 42.0 Å². The van der Waals surface area contributed by atoms with Gasteiger partial charge in [0.1, 0.15) is 25.4 Å². The first-order valence-corrected chi connectivity index (χ1v) is 10.1. The molecule has 0 heterocycles. The summed E-state index contributed by atoms with van der Waals surface area (Å²) in [5.74, 6) is -0.0186. The lowest BCUT2D eigenvalue weighted by molar-refractivity contribution is 0.475. The van der Waals surface area contributed by atoms with E-state index in [0.717, 1.165) is 12.5 Å². The number of phenols is 1. The van der Waals surface area contributed by atoms with Gasteiger partial charge in [0.15, 0.2) is 0 Å². The fourth-order valence-corrected chi connectivity index (χ4v) is 2.69. The van der Waals surface area contributed by atoms with E-state index in [1.165, 1.54) is 12.1 Å². The van der Waals surface area contributed by atoms with Crippen LogP contribution >= 0.6 is 0 Å². The van der Waals surface area contributed by atoms with Gasteiger partial charge in [-0.25, -0.2) is 16.8 Å². The standard InChI is InChI=1S/C12H19NO5S2/c1-19(15,16)9-7-13(8-10-20(2,17)18)11-3-5-12(14)6-4-11/h3-6,14H,7-10H2,1-2H3. The summed E-state index contributed by atoms with van der Waals surface area (Å²) in [6.07, 6.45) is 2.27. The highest BCUT2D eigenvalue weighted by Crippen LogP contribution is 2.18. The van der Waals surface area contributed by atoms with Crippen LogP contribution in [0.15, 0.2) is 24.3 Å². The average Bonchev–Trinajstić information content (AvgIpc) is 2.28. The van der Waals surface area contributed by atoms with Crippen LogP contribution in [-0.4, -0.2) is 59.0 Å². The molecule has 1 N–H and O–H groups in total. The number of aromatic hydroxyl groups is 1. The number of benzene rings is 1. The highest BCUT2D eigenvalue weighted by molar-refractivity contribution is 7.90. The van der Waals surface area contributed by atoms with E-state index in [9.17, 15) is 21.9 Å². The Balaban J connectivity index is 2.86. The molecule has 0 saturated heterocycles. The zero-order valence-electron chi connectivity index (χ0n) is 11.5. The Kier molecular flexibility index (Phi) is 5.41. The Morgan fingerprint density at radius 2 is 1.30 bits per heavy atom. The first-order chi connectivity index (χ1) is 9.07. The molecule has 1 aromatic rings. The van der Waals surface area contributed by atoms with Crippen molar-refractivity contribution in [2.45, 2.75) is 0 Å². The van der Waals surface area contributed by atoms with Gasteiger partial charge >= 0.3 is 0 Å². The SMILES string of the molecule is CS(=O)(=O)CCN(CCS(C)(=O)=O)c1ccc(O)cc1. The van der Waals surface area contributed by atoms with Crippen LogP contribution in [-0.2, 0) is 19.7 Å². The van der Waals surface area contributed by atoms with Crippen LogP contribution in [0.2, 0.25) is 0 Å². The summed E-state index contributed by atoms with van der Waals surface area (Å²) in [6.45, 7) is 0.415.